The van der Waals surface area contributed by atoms with Gasteiger partial charge in [0.25, 0.3) is 5.91 Å². The van der Waals surface area contributed by atoms with Crippen molar-refractivity contribution >= 4 is 5.91 Å². The fourth-order valence-corrected chi connectivity index (χ4v) is 1.49. The SMILES string of the molecule is COC(C)C(=O)N1CC(C)C(O)C1. The molecule has 1 aliphatic heterocycles. The van der Waals surface area contributed by atoms with Crippen LogP contribution in [0.25, 0.3) is 0 Å². The van der Waals surface area contributed by atoms with Crippen LogP contribution in [0.15, 0.2) is 0 Å². The van der Waals surface area contributed by atoms with Crippen molar-refractivity contribution in [2.45, 2.75) is 26.1 Å². The summed E-state index contributed by atoms with van der Waals surface area (Å²) in [6.45, 7) is 4.73. The standard InChI is InChI=1S/C9H17NO3/c1-6-4-10(5-8(6)11)9(12)7(2)13-3/h6-8,11H,4-5H2,1-3H3. The highest BCUT2D eigenvalue weighted by Gasteiger charge is 2.32. The van der Waals surface area contributed by atoms with E-state index in [1.165, 1.54) is 7.11 Å². The number of amides is 1. The summed E-state index contributed by atoms with van der Waals surface area (Å²) >= 11 is 0. The van der Waals surface area contributed by atoms with Gasteiger partial charge < -0.3 is 14.7 Å². The molecule has 4 heteroatoms. The molecule has 0 aromatic carbocycles. The number of ether oxygens (including phenoxy) is 1. The van der Waals surface area contributed by atoms with Gasteiger partial charge in [-0.2, -0.15) is 0 Å². The summed E-state index contributed by atoms with van der Waals surface area (Å²) in [7, 11) is 1.51. The fourth-order valence-electron chi connectivity index (χ4n) is 1.49. The molecule has 1 heterocycles. The second-order valence-corrected chi connectivity index (χ2v) is 3.67. The monoisotopic (exact) mass is 187 g/mol. The van der Waals surface area contributed by atoms with Crippen LogP contribution in [0.2, 0.25) is 0 Å². The van der Waals surface area contributed by atoms with Crippen LogP contribution < -0.4 is 0 Å². The minimum Gasteiger partial charge on any atom is -0.391 e. The number of methoxy groups -OCH3 is 1. The van der Waals surface area contributed by atoms with Crippen molar-refractivity contribution in [2.75, 3.05) is 20.2 Å². The van der Waals surface area contributed by atoms with E-state index in [4.69, 9.17) is 4.74 Å². The summed E-state index contributed by atoms with van der Waals surface area (Å²) in [6.07, 6.45) is -0.787. The van der Waals surface area contributed by atoms with E-state index in [0.717, 1.165) is 0 Å². The quantitative estimate of drug-likeness (QED) is 0.654. The second kappa shape index (κ2) is 4.07. The molecule has 0 radical (unpaired) electrons. The van der Waals surface area contributed by atoms with Crippen molar-refractivity contribution in [1.82, 2.24) is 4.90 Å². The lowest BCUT2D eigenvalue weighted by Gasteiger charge is -2.19. The van der Waals surface area contributed by atoms with Crippen LogP contribution in [-0.2, 0) is 9.53 Å². The van der Waals surface area contributed by atoms with E-state index in [9.17, 15) is 9.90 Å². The lowest BCUT2D eigenvalue weighted by molar-refractivity contribution is -0.140. The number of β-amino-alcohol motifs (C(OH)–C–C–N with tert-alkyl or cyclic N) is 1. The van der Waals surface area contributed by atoms with Gasteiger partial charge in [-0.3, -0.25) is 4.79 Å². The summed E-state index contributed by atoms with van der Waals surface area (Å²) in [4.78, 5) is 13.2. The highest BCUT2D eigenvalue weighted by molar-refractivity contribution is 5.80. The maximum absolute atomic E-state index is 11.6. The number of likely N-dealkylation sites (tertiary alicyclic amines) is 1. The average molecular weight is 187 g/mol. The Morgan fingerprint density at radius 3 is 2.62 bits per heavy atom. The van der Waals surface area contributed by atoms with Crippen LogP contribution in [0.4, 0.5) is 0 Å². The van der Waals surface area contributed by atoms with Crippen molar-refractivity contribution < 1.29 is 14.6 Å². The Bertz CT molecular complexity index is 185. The van der Waals surface area contributed by atoms with E-state index in [1.54, 1.807) is 11.8 Å². The fraction of sp³-hybridized carbons (Fsp3) is 0.889. The predicted molar refractivity (Wildman–Crippen MR) is 48.2 cm³/mol. The van der Waals surface area contributed by atoms with Crippen LogP contribution in [0.1, 0.15) is 13.8 Å². The summed E-state index contributed by atoms with van der Waals surface area (Å²) in [5, 5.41) is 9.44. The predicted octanol–water partition coefficient (Wildman–Crippen LogP) is -0.140. The highest BCUT2D eigenvalue weighted by Crippen LogP contribution is 2.17. The third-order valence-electron chi connectivity index (χ3n) is 2.59. The van der Waals surface area contributed by atoms with E-state index >= 15 is 0 Å². The number of hydrogen-bond donors (Lipinski definition) is 1. The van der Waals surface area contributed by atoms with Gasteiger partial charge in [0.2, 0.25) is 0 Å². The van der Waals surface area contributed by atoms with Crippen molar-refractivity contribution in [3.8, 4) is 0 Å². The third kappa shape index (κ3) is 2.19. The zero-order valence-corrected chi connectivity index (χ0v) is 8.36. The van der Waals surface area contributed by atoms with Gasteiger partial charge in [-0.15, -0.1) is 0 Å². The average Bonchev–Trinajstić information content (AvgIpc) is 2.44. The largest absolute Gasteiger partial charge is 0.391 e. The van der Waals surface area contributed by atoms with Crippen LogP contribution in [-0.4, -0.2) is 48.3 Å². The number of nitrogens with zero attached hydrogens (tertiary/aromatic N) is 1. The molecule has 76 valence electrons. The lowest BCUT2D eigenvalue weighted by atomic mass is 10.1. The normalized spacial score (nSPS) is 30.6. The van der Waals surface area contributed by atoms with E-state index in [1.807, 2.05) is 6.92 Å². The Balaban J connectivity index is 2.50. The Morgan fingerprint density at radius 2 is 2.23 bits per heavy atom. The lowest BCUT2D eigenvalue weighted by Crippen LogP contribution is -2.37. The summed E-state index contributed by atoms with van der Waals surface area (Å²) in [6, 6.07) is 0. The first-order chi connectivity index (χ1) is 6.06. The molecule has 0 aromatic heterocycles. The number of rotatable bonds is 2. The molecule has 1 aliphatic rings. The number of carbonyl (C=O) groups excluding carboxylic acids is 1. The van der Waals surface area contributed by atoms with E-state index in [0.29, 0.717) is 13.1 Å². The third-order valence-corrected chi connectivity index (χ3v) is 2.59. The molecule has 0 saturated carbocycles. The van der Waals surface area contributed by atoms with Crippen molar-refractivity contribution in [3.05, 3.63) is 0 Å². The summed E-state index contributed by atoms with van der Waals surface area (Å²) in [5.41, 5.74) is 0. The van der Waals surface area contributed by atoms with Gasteiger partial charge in [-0.25, -0.2) is 0 Å². The van der Waals surface area contributed by atoms with Crippen LogP contribution in [0.5, 0.6) is 0 Å². The molecule has 1 saturated heterocycles. The smallest absolute Gasteiger partial charge is 0.251 e. The zero-order valence-electron chi connectivity index (χ0n) is 8.36. The summed E-state index contributed by atoms with van der Waals surface area (Å²) < 4.78 is 4.92. The molecule has 1 fully saturated rings. The Morgan fingerprint density at radius 1 is 1.62 bits per heavy atom. The molecule has 1 amide bonds. The minimum absolute atomic E-state index is 0.0362. The van der Waals surface area contributed by atoms with Gasteiger partial charge in [-0.1, -0.05) is 6.92 Å². The van der Waals surface area contributed by atoms with Crippen LogP contribution in [0.3, 0.4) is 0 Å². The molecular weight excluding hydrogens is 170 g/mol. The first kappa shape index (κ1) is 10.5. The molecule has 3 atom stereocenters. The Labute approximate surface area is 78.5 Å². The highest BCUT2D eigenvalue weighted by atomic mass is 16.5. The van der Waals surface area contributed by atoms with Gasteiger partial charge in [0.1, 0.15) is 6.10 Å². The molecule has 1 rings (SSSR count). The molecule has 4 nitrogen and oxygen atoms in total. The number of carbonyl (C=O) groups is 1. The molecule has 1 N–H and O–H groups in total. The number of aliphatic hydroxyl groups excluding tert-OH is 1. The van der Waals surface area contributed by atoms with Gasteiger partial charge in [0.15, 0.2) is 0 Å². The molecule has 0 spiro atoms. The Kier molecular flexibility index (Phi) is 3.27. The summed E-state index contributed by atoms with van der Waals surface area (Å²) in [5.74, 6) is 0.138. The van der Waals surface area contributed by atoms with Gasteiger partial charge in [0, 0.05) is 26.1 Å². The first-order valence-electron chi connectivity index (χ1n) is 4.56. The Hall–Kier alpha value is -0.610. The van der Waals surface area contributed by atoms with Crippen molar-refractivity contribution in [3.63, 3.8) is 0 Å². The first-order valence-corrected chi connectivity index (χ1v) is 4.56. The van der Waals surface area contributed by atoms with E-state index in [-0.39, 0.29) is 17.9 Å². The zero-order chi connectivity index (χ0) is 10.0. The van der Waals surface area contributed by atoms with E-state index in [2.05, 4.69) is 0 Å². The topological polar surface area (TPSA) is 49.8 Å². The molecule has 0 bridgehead atoms. The molecule has 13 heavy (non-hydrogen) atoms. The van der Waals surface area contributed by atoms with Gasteiger partial charge in [-0.05, 0) is 6.92 Å². The minimum atomic E-state index is -0.405. The van der Waals surface area contributed by atoms with Crippen molar-refractivity contribution in [1.29, 1.82) is 0 Å². The van der Waals surface area contributed by atoms with Crippen LogP contribution in [0, 0.1) is 5.92 Å². The number of hydrogen-bond acceptors (Lipinski definition) is 3. The maximum Gasteiger partial charge on any atom is 0.251 e. The van der Waals surface area contributed by atoms with Crippen molar-refractivity contribution in [2.24, 2.45) is 5.92 Å². The second-order valence-electron chi connectivity index (χ2n) is 3.67. The van der Waals surface area contributed by atoms with Crippen LogP contribution >= 0.6 is 0 Å². The molecule has 0 aliphatic carbocycles. The molecular formula is C9H17NO3. The van der Waals surface area contributed by atoms with Gasteiger partial charge >= 0.3 is 0 Å². The molecule has 3 unspecified atom stereocenters. The van der Waals surface area contributed by atoms with Gasteiger partial charge in [0.05, 0.1) is 6.10 Å². The maximum atomic E-state index is 11.6. The molecule has 0 aromatic rings. The number of aliphatic hydroxyl groups is 1. The van der Waals surface area contributed by atoms with E-state index < -0.39 is 6.10 Å².